The van der Waals surface area contributed by atoms with Gasteiger partial charge < -0.3 is 77.3 Å². The lowest BCUT2D eigenvalue weighted by atomic mass is 9.79. The summed E-state index contributed by atoms with van der Waals surface area (Å²) < 4.78 is 0. The maximum atomic E-state index is 7.47. The zero-order valence-electron chi connectivity index (χ0n) is 95.3. The molecule has 0 aromatic heterocycles. The van der Waals surface area contributed by atoms with Crippen LogP contribution in [0.1, 0.15) is 416 Å². The van der Waals surface area contributed by atoms with Gasteiger partial charge in [0.1, 0.15) is 29.1 Å². The number of unbranched alkanes of at least 4 members (excludes halogenated alkanes) is 4. The van der Waals surface area contributed by atoms with Gasteiger partial charge in [-0.05, 0) is 368 Å². The third kappa shape index (κ3) is 33.3. The van der Waals surface area contributed by atoms with Gasteiger partial charge in [-0.1, -0.05) is 69.2 Å². The van der Waals surface area contributed by atoms with E-state index in [0.717, 1.165) is 227 Å². The molecule has 802 valence electrons. The van der Waals surface area contributed by atoms with Crippen molar-refractivity contribution in [3.8, 4) is 0 Å². The summed E-state index contributed by atoms with van der Waals surface area (Å²) in [6.45, 7) is 90.9. The van der Waals surface area contributed by atoms with Crippen molar-refractivity contribution in [3.63, 3.8) is 0 Å². The Bertz CT molecular complexity index is 4210. The number of hydrogen-bond donors (Lipinski definition) is 14. The Morgan fingerprint density at radius 3 is 0.821 bits per heavy atom. The molecule has 8 saturated heterocycles. The van der Waals surface area contributed by atoms with Crippen molar-refractivity contribution in [3.05, 3.63) is 47.6 Å². The lowest BCUT2D eigenvalue weighted by Crippen LogP contribution is -2.65. The first kappa shape index (κ1) is 113. The zero-order valence-corrected chi connectivity index (χ0v) is 95.3. The Kier molecular flexibility index (Phi) is 35.4. The first-order valence-electron chi connectivity index (χ1n) is 55.2. The molecule has 0 spiro atoms. The number of nitrogens with one attached hydrogen (secondary N) is 14. The number of aliphatic imine (C=N–C) groups is 1. The van der Waals surface area contributed by atoms with Crippen LogP contribution in [-0.2, 0) is 19.4 Å². The van der Waals surface area contributed by atoms with Gasteiger partial charge in [0.25, 0.3) is 0 Å². The molecule has 32 nitrogen and oxygen atoms in total. The molecule has 0 atom stereocenters. The fourth-order valence-electron chi connectivity index (χ4n) is 27.8. The van der Waals surface area contributed by atoms with E-state index in [-0.39, 0.29) is 137 Å². The number of hydrazone groups is 3. The van der Waals surface area contributed by atoms with Crippen LogP contribution < -0.4 is 75.0 Å². The lowest BCUT2D eigenvalue weighted by molar-refractivity contribution is -0.262. The van der Waals surface area contributed by atoms with Crippen LogP contribution in [0.25, 0.3) is 0 Å². The lowest BCUT2D eigenvalue weighted by Gasteiger charge is -2.51. The van der Waals surface area contributed by atoms with Gasteiger partial charge in [-0.3, -0.25) is 20.7 Å². The highest BCUT2D eigenvalue weighted by atomic mass is 16.8. The second-order valence-corrected chi connectivity index (χ2v) is 55.2. The van der Waals surface area contributed by atoms with Crippen LogP contribution in [0.15, 0.2) is 67.9 Å². The largest absolute Gasteiger partial charge is 0.368 e. The molecule has 12 aliphatic heterocycles. The van der Waals surface area contributed by atoms with Crippen LogP contribution in [-0.4, -0.2) is 277 Å². The maximum absolute atomic E-state index is 7.47. The Morgan fingerprint density at radius 2 is 0.536 bits per heavy atom. The molecule has 0 unspecified atom stereocenters. The van der Waals surface area contributed by atoms with Gasteiger partial charge in [-0.2, -0.15) is 0 Å². The summed E-state index contributed by atoms with van der Waals surface area (Å²) in [6, 6.07) is 0.883. The number of nitrogens with zero attached hydrogens (tertiary/aromatic N) is 14. The molecular weight excluding hydrogens is 1750 g/mol. The molecule has 0 amide bonds. The quantitative estimate of drug-likeness (QED) is 0.0255. The van der Waals surface area contributed by atoms with Crippen LogP contribution in [0.5, 0.6) is 0 Å². The molecule has 0 bridgehead atoms. The fourth-order valence-corrected chi connectivity index (χ4v) is 27.8. The SMILES string of the molecule is CCCCN(C1=CC(NCCCN(CCN(CCCN=C2C=C(N(CCCC)C3CC(C)(C)NC(C)(C)C3)NN(OC3CC(C)(C)NC(C)(C)C3)N2)C2=NN(OC3CC(C)(C)NC(C)(C)C3)NC(N(CCCC)C3CC(C)(C)NC(C)(C)C3)=C2)C2=NN(OC3CC(C)(C)NC(C)(C)C3)NC(N(CCCC)C3CC(C)(C)NC(C)(C)C3)=C2)=NN(OC2CC(C)(C)NC(C)(C)C2)N1)C1CC(C)(C)NC(C)(C)C1. The summed E-state index contributed by atoms with van der Waals surface area (Å²) >= 11 is 0. The van der Waals surface area contributed by atoms with E-state index < -0.39 is 0 Å². The molecule has 14 N–H and O–H groups in total. The highest BCUT2D eigenvalue weighted by molar-refractivity contribution is 5.96. The number of hydrogen-bond acceptors (Lipinski definition) is 31. The van der Waals surface area contributed by atoms with Gasteiger partial charge in [0.2, 0.25) is 0 Å². The number of amidine groups is 4. The van der Waals surface area contributed by atoms with Crippen LogP contribution >= 0.6 is 0 Å². The van der Waals surface area contributed by atoms with Crippen molar-refractivity contribution in [1.82, 2.24) is 126 Å². The molecule has 8 fully saturated rings. The molecule has 32 heteroatoms. The predicted octanol–water partition coefficient (Wildman–Crippen LogP) is 16.1. The summed E-state index contributed by atoms with van der Waals surface area (Å²) in [5.74, 6) is 7.09. The van der Waals surface area contributed by atoms with Gasteiger partial charge in [-0.25, -0.2) is 30.8 Å². The van der Waals surface area contributed by atoms with Gasteiger partial charge in [0.15, 0.2) is 17.5 Å². The normalized spacial score (nSPS) is 26.8. The van der Waals surface area contributed by atoms with E-state index in [1.54, 1.807) is 21.1 Å². The number of rotatable bonds is 39. The topological polar surface area (TPSA) is 287 Å². The van der Waals surface area contributed by atoms with Crippen molar-refractivity contribution < 1.29 is 19.4 Å². The van der Waals surface area contributed by atoms with E-state index in [9.17, 15) is 0 Å². The Morgan fingerprint density at radius 1 is 0.286 bits per heavy atom. The monoisotopic (exact) mass is 1960 g/mol. The standard InChI is InChI=1S/C108H206N28O4/c1-37-41-51-129(77-61-93(5,6)119-94(7,8)62-77)89-57-85(111-133(115-89)137-81-69-101(21,22)123-102(23,24)70-81)109-47-45-49-127(87-59-91(117-135(113-87)139-83-73-105(29,30)125-106(31,32)74-83)131(53-43-39-3)79-65-97(13,14)121-98(15,16)66-79)55-56-128(88-60-92(118-136(114-88)140-84-75-107(33,34)126-108(35,36)76-84)132(54-44-40-4)80-67-99(17,18)122-100(19,20)68-80)50-46-48-110-86-58-90(116-134(112-86)138-82-71-103(25,26)124-104(27,28)72-82)130(52-42-38-2)78-63-95(9,10)120-96(11,12)64-78/h57-60,77-84,115-126H,37-56,61-76H2,1-36H3,(H,109,111)(H,110,112). The maximum Gasteiger partial charge on any atom is 0.157 e. The molecule has 0 aromatic rings. The van der Waals surface area contributed by atoms with Gasteiger partial charge >= 0.3 is 0 Å². The van der Waals surface area contributed by atoms with E-state index in [1.807, 2.05) is 0 Å². The van der Waals surface area contributed by atoms with Crippen LogP contribution in [0.2, 0.25) is 0 Å². The summed E-state index contributed by atoms with van der Waals surface area (Å²) in [7, 11) is 0. The summed E-state index contributed by atoms with van der Waals surface area (Å²) in [5, 5.41) is 59.8. The molecule has 0 radical (unpaired) electrons. The van der Waals surface area contributed by atoms with E-state index >= 15 is 0 Å². The second-order valence-electron chi connectivity index (χ2n) is 55.2. The van der Waals surface area contributed by atoms with E-state index in [4.69, 9.17) is 39.6 Å². The molecule has 140 heavy (non-hydrogen) atoms. The first-order valence-corrected chi connectivity index (χ1v) is 55.2. The minimum atomic E-state index is -0.201. The summed E-state index contributed by atoms with van der Waals surface area (Å²) in [4.78, 5) is 50.7. The van der Waals surface area contributed by atoms with E-state index in [0.29, 0.717) is 52.1 Å². The Labute approximate surface area is 850 Å². The molecular formula is C108H206N28O4. The van der Waals surface area contributed by atoms with E-state index in [1.165, 1.54) is 0 Å². The highest BCUT2D eigenvalue weighted by Gasteiger charge is 2.51. The Hall–Kier alpha value is -5.88. The van der Waals surface area contributed by atoms with Crippen molar-refractivity contribution in [2.24, 2.45) is 20.3 Å². The second kappa shape index (κ2) is 43.9. The molecule has 12 aliphatic rings. The number of piperidine rings is 8. The molecule has 0 aromatic carbocycles. The van der Waals surface area contributed by atoms with Crippen LogP contribution in [0.4, 0.5) is 0 Å². The molecule has 12 rings (SSSR count). The fraction of sp³-hybridized carbons (Fsp3) is 0.889. The van der Waals surface area contributed by atoms with Crippen molar-refractivity contribution in [2.45, 2.75) is 553 Å². The highest BCUT2D eigenvalue weighted by Crippen LogP contribution is 2.43. The van der Waals surface area contributed by atoms with Gasteiger partial charge in [-0.15, -0.1) is 15.3 Å². The van der Waals surface area contributed by atoms with Gasteiger partial charge in [0.05, 0.1) is 24.4 Å². The smallest absolute Gasteiger partial charge is 0.157 e. The molecule has 12 heterocycles. The van der Waals surface area contributed by atoms with Crippen molar-refractivity contribution >= 4 is 23.3 Å². The number of hydrazine groups is 5. The average molecular weight is 1960 g/mol. The van der Waals surface area contributed by atoms with Crippen LogP contribution in [0.3, 0.4) is 0 Å². The average Bonchev–Trinajstić information content (AvgIpc) is 0.794. The minimum absolute atomic E-state index is 0.0845. The first-order chi connectivity index (χ1) is 64.7. The summed E-state index contributed by atoms with van der Waals surface area (Å²) in [6.07, 6.45) is 32.7. The van der Waals surface area contributed by atoms with Crippen molar-refractivity contribution in [1.29, 1.82) is 0 Å². The summed E-state index contributed by atoms with van der Waals surface area (Å²) in [5.41, 5.74) is 16.9. The van der Waals surface area contributed by atoms with Crippen molar-refractivity contribution in [2.75, 3.05) is 65.4 Å². The molecule has 0 saturated carbocycles. The van der Waals surface area contributed by atoms with Gasteiger partial charge in [0, 0.05) is 203 Å². The predicted molar refractivity (Wildman–Crippen MR) is 576 cm³/mol. The third-order valence-corrected chi connectivity index (χ3v) is 30.1. The third-order valence-electron chi connectivity index (χ3n) is 30.1. The molecule has 0 aliphatic carbocycles. The Balaban J connectivity index is 0.996. The van der Waals surface area contributed by atoms with E-state index in [2.05, 4.69) is 378 Å². The minimum Gasteiger partial charge on any atom is -0.368 e. The zero-order chi connectivity index (χ0) is 103. The van der Waals surface area contributed by atoms with Crippen LogP contribution in [0, 0.1) is 0 Å².